The van der Waals surface area contributed by atoms with Crippen molar-refractivity contribution < 1.29 is 14.6 Å². The summed E-state index contributed by atoms with van der Waals surface area (Å²) in [6.45, 7) is 1.14. The number of nitrogens with zero attached hydrogens (tertiary/aromatic N) is 1. The van der Waals surface area contributed by atoms with Gasteiger partial charge < -0.3 is 20.1 Å². The van der Waals surface area contributed by atoms with Gasteiger partial charge in [0.05, 0.1) is 7.11 Å². The first-order valence-corrected chi connectivity index (χ1v) is 5.83. The van der Waals surface area contributed by atoms with Crippen LogP contribution in [0.2, 0.25) is 0 Å². The molecule has 1 aromatic rings. The van der Waals surface area contributed by atoms with Gasteiger partial charge >= 0.3 is 0 Å². The maximum atomic E-state index is 11.7. The lowest BCUT2D eigenvalue weighted by molar-refractivity contribution is -0.130. The average Bonchev–Trinajstić information content (AvgIpc) is 2.36. The number of phenolic OH excluding ortho intramolecular Hbond substituents is 1. The summed E-state index contributed by atoms with van der Waals surface area (Å²) in [4.78, 5) is 13.4. The maximum Gasteiger partial charge on any atom is 0.223 e. The highest BCUT2D eigenvalue weighted by molar-refractivity contribution is 5.76. The number of phenols is 1. The van der Waals surface area contributed by atoms with Crippen molar-refractivity contribution in [2.24, 2.45) is 0 Å². The number of nitrogens with one attached hydrogen (secondary N) is 1. The number of rotatable bonds is 6. The molecule has 0 bridgehead atoms. The topological polar surface area (TPSA) is 61.8 Å². The van der Waals surface area contributed by atoms with E-state index in [9.17, 15) is 9.90 Å². The molecular formula is C13H20N2O3. The Bertz CT molecular complexity index is 407. The Morgan fingerprint density at radius 2 is 2.22 bits per heavy atom. The third-order valence-electron chi connectivity index (χ3n) is 2.68. The molecule has 18 heavy (non-hydrogen) atoms. The van der Waals surface area contributed by atoms with Gasteiger partial charge in [-0.1, -0.05) is 6.07 Å². The smallest absolute Gasteiger partial charge is 0.223 e. The Balaban J connectivity index is 2.61. The van der Waals surface area contributed by atoms with E-state index < -0.39 is 0 Å². The van der Waals surface area contributed by atoms with E-state index in [4.69, 9.17) is 4.74 Å². The van der Waals surface area contributed by atoms with Crippen molar-refractivity contribution in [2.75, 3.05) is 27.7 Å². The van der Waals surface area contributed by atoms with Crippen molar-refractivity contribution in [2.45, 2.75) is 13.0 Å². The predicted molar refractivity (Wildman–Crippen MR) is 69.7 cm³/mol. The van der Waals surface area contributed by atoms with Gasteiger partial charge in [0.15, 0.2) is 11.5 Å². The van der Waals surface area contributed by atoms with Gasteiger partial charge in [-0.2, -0.15) is 0 Å². The van der Waals surface area contributed by atoms with E-state index in [1.807, 2.05) is 13.1 Å². The molecule has 0 unspecified atom stereocenters. The Morgan fingerprint density at radius 1 is 1.50 bits per heavy atom. The fraction of sp³-hybridized carbons (Fsp3) is 0.462. The molecule has 5 heteroatoms. The van der Waals surface area contributed by atoms with Crippen LogP contribution < -0.4 is 10.1 Å². The third-order valence-corrected chi connectivity index (χ3v) is 2.68. The quantitative estimate of drug-likeness (QED) is 0.792. The van der Waals surface area contributed by atoms with Crippen molar-refractivity contribution in [3.05, 3.63) is 23.8 Å². The molecule has 0 aliphatic carbocycles. The van der Waals surface area contributed by atoms with Crippen LogP contribution in [0.15, 0.2) is 18.2 Å². The van der Waals surface area contributed by atoms with Crippen LogP contribution in [0.5, 0.6) is 11.5 Å². The number of benzene rings is 1. The molecule has 2 N–H and O–H groups in total. The number of carbonyl (C=O) groups excluding carboxylic acids is 1. The molecule has 0 saturated heterocycles. The SMILES string of the molecule is CNCCC(=O)N(C)Cc1ccc(OC)c(O)c1. The van der Waals surface area contributed by atoms with Crippen molar-refractivity contribution in [1.29, 1.82) is 0 Å². The molecule has 1 aromatic carbocycles. The number of ether oxygens (including phenoxy) is 1. The van der Waals surface area contributed by atoms with Gasteiger partial charge in [-0.3, -0.25) is 4.79 Å². The molecule has 0 fully saturated rings. The standard InChI is InChI=1S/C13H20N2O3/c1-14-7-6-13(17)15(2)9-10-4-5-12(18-3)11(16)8-10/h4-5,8,14,16H,6-7,9H2,1-3H3. The molecule has 0 atom stereocenters. The number of methoxy groups -OCH3 is 1. The zero-order valence-electron chi connectivity index (χ0n) is 11.1. The summed E-state index contributed by atoms with van der Waals surface area (Å²) in [6.07, 6.45) is 0.467. The van der Waals surface area contributed by atoms with Crippen LogP contribution in [0.4, 0.5) is 0 Å². The van der Waals surface area contributed by atoms with Gasteiger partial charge in [0.1, 0.15) is 0 Å². The second-order valence-electron chi connectivity index (χ2n) is 4.11. The Hall–Kier alpha value is -1.75. The van der Waals surface area contributed by atoms with Crippen LogP contribution >= 0.6 is 0 Å². The molecule has 0 aliphatic heterocycles. The molecule has 0 spiro atoms. The summed E-state index contributed by atoms with van der Waals surface area (Å²) in [6, 6.07) is 5.14. The molecule has 5 nitrogen and oxygen atoms in total. The lowest BCUT2D eigenvalue weighted by atomic mass is 10.2. The molecule has 0 heterocycles. The summed E-state index contributed by atoms with van der Waals surface area (Å²) >= 11 is 0. The van der Waals surface area contributed by atoms with Crippen molar-refractivity contribution in [3.8, 4) is 11.5 Å². The van der Waals surface area contributed by atoms with Crippen molar-refractivity contribution >= 4 is 5.91 Å². The van der Waals surface area contributed by atoms with Crippen LogP contribution in [0.1, 0.15) is 12.0 Å². The number of carbonyl (C=O) groups is 1. The zero-order valence-corrected chi connectivity index (χ0v) is 11.1. The Labute approximate surface area is 107 Å². The van der Waals surface area contributed by atoms with Gasteiger partial charge in [-0.15, -0.1) is 0 Å². The molecule has 0 aliphatic rings. The van der Waals surface area contributed by atoms with Crippen LogP contribution in [0.3, 0.4) is 0 Å². The Kier molecular flexibility index (Phi) is 5.45. The second-order valence-corrected chi connectivity index (χ2v) is 4.11. The van der Waals surface area contributed by atoms with Crippen molar-refractivity contribution in [1.82, 2.24) is 10.2 Å². The van der Waals surface area contributed by atoms with E-state index in [-0.39, 0.29) is 11.7 Å². The minimum atomic E-state index is 0.0691. The summed E-state index contributed by atoms with van der Waals surface area (Å²) in [5.74, 6) is 0.591. The highest BCUT2D eigenvalue weighted by Crippen LogP contribution is 2.26. The van der Waals surface area contributed by atoms with Gasteiger partial charge in [0.2, 0.25) is 5.91 Å². The monoisotopic (exact) mass is 252 g/mol. The minimum Gasteiger partial charge on any atom is -0.504 e. The van der Waals surface area contributed by atoms with E-state index in [0.29, 0.717) is 25.3 Å². The lowest BCUT2D eigenvalue weighted by Crippen LogP contribution is -2.28. The van der Waals surface area contributed by atoms with Crippen LogP contribution in [0.25, 0.3) is 0 Å². The van der Waals surface area contributed by atoms with Crippen LogP contribution in [0, 0.1) is 0 Å². The average molecular weight is 252 g/mol. The molecule has 100 valence electrons. The number of hydrogen-bond donors (Lipinski definition) is 2. The van der Waals surface area contributed by atoms with Crippen molar-refractivity contribution in [3.63, 3.8) is 0 Å². The van der Waals surface area contributed by atoms with Crippen LogP contribution in [-0.2, 0) is 11.3 Å². The molecular weight excluding hydrogens is 232 g/mol. The predicted octanol–water partition coefficient (Wildman–Crippen LogP) is 0.969. The van der Waals surface area contributed by atoms with Crippen LogP contribution in [-0.4, -0.2) is 43.7 Å². The van der Waals surface area contributed by atoms with Gasteiger partial charge in [-0.25, -0.2) is 0 Å². The molecule has 0 saturated carbocycles. The largest absolute Gasteiger partial charge is 0.504 e. The zero-order chi connectivity index (χ0) is 13.5. The molecule has 1 amide bonds. The first-order chi connectivity index (χ1) is 8.58. The number of amides is 1. The highest BCUT2D eigenvalue weighted by Gasteiger charge is 2.10. The normalized spacial score (nSPS) is 10.2. The fourth-order valence-electron chi connectivity index (χ4n) is 1.62. The fourth-order valence-corrected chi connectivity index (χ4v) is 1.62. The minimum absolute atomic E-state index is 0.0691. The van der Waals surface area contributed by atoms with Gasteiger partial charge in [0.25, 0.3) is 0 Å². The summed E-state index contributed by atoms with van der Waals surface area (Å²) < 4.78 is 4.97. The summed E-state index contributed by atoms with van der Waals surface area (Å²) in [5.41, 5.74) is 0.869. The van der Waals surface area contributed by atoms with E-state index in [2.05, 4.69) is 5.32 Å². The second kappa shape index (κ2) is 6.86. The van der Waals surface area contributed by atoms with E-state index >= 15 is 0 Å². The summed E-state index contributed by atoms with van der Waals surface area (Å²) in [5, 5.41) is 12.6. The Morgan fingerprint density at radius 3 is 2.78 bits per heavy atom. The molecule has 0 radical (unpaired) electrons. The number of aromatic hydroxyl groups is 1. The summed E-state index contributed by atoms with van der Waals surface area (Å²) in [7, 11) is 5.07. The highest BCUT2D eigenvalue weighted by atomic mass is 16.5. The van der Waals surface area contributed by atoms with E-state index in [1.54, 1.807) is 24.1 Å². The van der Waals surface area contributed by atoms with Gasteiger partial charge in [0, 0.05) is 26.6 Å². The van der Waals surface area contributed by atoms with E-state index in [1.165, 1.54) is 7.11 Å². The van der Waals surface area contributed by atoms with E-state index in [0.717, 1.165) is 5.56 Å². The molecule has 0 aromatic heterocycles. The number of hydrogen-bond acceptors (Lipinski definition) is 4. The lowest BCUT2D eigenvalue weighted by Gasteiger charge is -2.17. The maximum absolute atomic E-state index is 11.7. The molecule has 1 rings (SSSR count). The third kappa shape index (κ3) is 3.92. The van der Waals surface area contributed by atoms with Gasteiger partial charge in [-0.05, 0) is 24.7 Å². The first-order valence-electron chi connectivity index (χ1n) is 5.83. The first kappa shape index (κ1) is 14.3.